The van der Waals surface area contributed by atoms with Gasteiger partial charge in [0.1, 0.15) is 5.75 Å². The molecular formula is C18H26N2O2. The monoisotopic (exact) mass is 302 g/mol. The van der Waals surface area contributed by atoms with Gasteiger partial charge >= 0.3 is 0 Å². The Morgan fingerprint density at radius 2 is 2.09 bits per heavy atom. The largest absolute Gasteiger partial charge is 0.493 e. The van der Waals surface area contributed by atoms with Crippen molar-refractivity contribution in [1.29, 1.82) is 0 Å². The number of likely N-dealkylation sites (tertiary alicyclic amines) is 1. The van der Waals surface area contributed by atoms with E-state index in [0.29, 0.717) is 18.9 Å². The van der Waals surface area contributed by atoms with Crippen LogP contribution in [-0.4, -0.2) is 55.5 Å². The summed E-state index contributed by atoms with van der Waals surface area (Å²) in [5.74, 6) is 1.50. The maximum absolute atomic E-state index is 12.5. The van der Waals surface area contributed by atoms with Gasteiger partial charge in [0.05, 0.1) is 6.61 Å². The predicted molar refractivity (Wildman–Crippen MR) is 87.2 cm³/mol. The molecule has 2 aliphatic heterocycles. The van der Waals surface area contributed by atoms with Gasteiger partial charge in [-0.25, -0.2) is 0 Å². The molecular weight excluding hydrogens is 276 g/mol. The first-order valence-corrected chi connectivity index (χ1v) is 8.42. The highest BCUT2D eigenvalue weighted by atomic mass is 16.5. The van der Waals surface area contributed by atoms with Crippen molar-refractivity contribution in [2.45, 2.75) is 31.6 Å². The zero-order valence-electron chi connectivity index (χ0n) is 13.5. The average molecular weight is 302 g/mol. The third kappa shape index (κ3) is 3.61. The summed E-state index contributed by atoms with van der Waals surface area (Å²) >= 11 is 0. The Balaban J connectivity index is 1.53. The maximum atomic E-state index is 12.5. The van der Waals surface area contributed by atoms with Crippen LogP contribution in [0, 0.1) is 0 Å². The van der Waals surface area contributed by atoms with Crippen LogP contribution in [0.1, 0.15) is 37.2 Å². The number of amides is 1. The molecule has 1 atom stereocenters. The third-order valence-corrected chi connectivity index (χ3v) is 4.88. The lowest BCUT2D eigenvalue weighted by Crippen LogP contribution is -2.36. The first-order valence-electron chi connectivity index (χ1n) is 8.42. The number of nitrogens with zero attached hydrogens (tertiary/aromatic N) is 2. The Hall–Kier alpha value is -1.55. The van der Waals surface area contributed by atoms with Crippen LogP contribution in [0.4, 0.5) is 0 Å². The molecule has 22 heavy (non-hydrogen) atoms. The van der Waals surface area contributed by atoms with Gasteiger partial charge in [0.15, 0.2) is 0 Å². The summed E-state index contributed by atoms with van der Waals surface area (Å²) in [6.45, 7) is 4.94. The molecule has 2 aliphatic rings. The standard InChI is InChI=1S/C18H26N2O2/c1-19(11-12-20-9-4-5-10-20)18(21)14-15-8-13-22-17-7-3-2-6-16(15)17/h2-3,6-7,15H,4-5,8-14H2,1H3. The molecule has 0 spiro atoms. The highest BCUT2D eigenvalue weighted by molar-refractivity contribution is 5.77. The molecule has 3 rings (SSSR count). The molecule has 1 amide bonds. The maximum Gasteiger partial charge on any atom is 0.222 e. The van der Waals surface area contributed by atoms with E-state index in [2.05, 4.69) is 11.0 Å². The molecule has 0 N–H and O–H groups in total. The van der Waals surface area contributed by atoms with E-state index in [-0.39, 0.29) is 5.91 Å². The second-order valence-corrected chi connectivity index (χ2v) is 6.44. The van der Waals surface area contributed by atoms with Gasteiger partial charge in [-0.15, -0.1) is 0 Å². The lowest BCUT2D eigenvalue weighted by molar-refractivity contribution is -0.130. The highest BCUT2D eigenvalue weighted by Gasteiger charge is 2.25. The molecule has 0 radical (unpaired) electrons. The lowest BCUT2D eigenvalue weighted by atomic mass is 9.90. The predicted octanol–water partition coefficient (Wildman–Crippen LogP) is 2.50. The van der Waals surface area contributed by atoms with Crippen molar-refractivity contribution in [3.63, 3.8) is 0 Å². The Bertz CT molecular complexity index is 512. The number of likely N-dealkylation sites (N-methyl/N-ethyl adjacent to an activating group) is 1. The minimum Gasteiger partial charge on any atom is -0.493 e. The molecule has 1 fully saturated rings. The van der Waals surface area contributed by atoms with Crippen molar-refractivity contribution in [1.82, 2.24) is 9.80 Å². The quantitative estimate of drug-likeness (QED) is 0.838. The van der Waals surface area contributed by atoms with Gasteiger partial charge in [0.25, 0.3) is 0 Å². The van der Waals surface area contributed by atoms with Crippen LogP contribution in [0.15, 0.2) is 24.3 Å². The summed E-state index contributed by atoms with van der Waals surface area (Å²) in [7, 11) is 1.93. The normalized spacial score (nSPS) is 21.2. The fraction of sp³-hybridized carbons (Fsp3) is 0.611. The number of hydrogen-bond acceptors (Lipinski definition) is 3. The van der Waals surface area contributed by atoms with Gasteiger partial charge in [-0.1, -0.05) is 18.2 Å². The average Bonchev–Trinajstić information content (AvgIpc) is 3.06. The van der Waals surface area contributed by atoms with Gasteiger partial charge in [-0.2, -0.15) is 0 Å². The zero-order chi connectivity index (χ0) is 15.4. The number of rotatable bonds is 5. The van der Waals surface area contributed by atoms with E-state index in [1.165, 1.54) is 31.5 Å². The molecule has 0 bridgehead atoms. The van der Waals surface area contributed by atoms with Crippen molar-refractivity contribution < 1.29 is 9.53 Å². The molecule has 0 aliphatic carbocycles. The van der Waals surface area contributed by atoms with E-state index in [1.54, 1.807) is 0 Å². The van der Waals surface area contributed by atoms with E-state index >= 15 is 0 Å². The van der Waals surface area contributed by atoms with Gasteiger partial charge in [0.2, 0.25) is 5.91 Å². The van der Waals surface area contributed by atoms with Crippen LogP contribution in [0.5, 0.6) is 5.75 Å². The summed E-state index contributed by atoms with van der Waals surface area (Å²) in [4.78, 5) is 16.8. The first-order chi connectivity index (χ1) is 10.7. The SMILES string of the molecule is CN(CCN1CCCC1)C(=O)CC1CCOc2ccccc21. The topological polar surface area (TPSA) is 32.8 Å². The molecule has 1 aromatic carbocycles. The second-order valence-electron chi connectivity index (χ2n) is 6.44. The zero-order valence-corrected chi connectivity index (χ0v) is 13.5. The van der Waals surface area contributed by atoms with E-state index in [0.717, 1.165) is 25.3 Å². The highest BCUT2D eigenvalue weighted by Crippen LogP contribution is 2.35. The molecule has 2 heterocycles. The molecule has 1 saturated heterocycles. The molecule has 0 aromatic heterocycles. The molecule has 0 saturated carbocycles. The van der Waals surface area contributed by atoms with Crippen LogP contribution < -0.4 is 4.74 Å². The number of carbonyl (C=O) groups is 1. The number of fused-ring (bicyclic) bond motifs is 1. The van der Waals surface area contributed by atoms with E-state index in [4.69, 9.17) is 4.74 Å². The van der Waals surface area contributed by atoms with E-state index < -0.39 is 0 Å². The molecule has 4 heteroatoms. The van der Waals surface area contributed by atoms with Crippen molar-refractivity contribution >= 4 is 5.91 Å². The fourth-order valence-electron chi connectivity index (χ4n) is 3.42. The lowest BCUT2D eigenvalue weighted by Gasteiger charge is -2.28. The van der Waals surface area contributed by atoms with E-state index in [1.807, 2.05) is 30.1 Å². The molecule has 4 nitrogen and oxygen atoms in total. The van der Waals surface area contributed by atoms with Crippen LogP contribution in [0.25, 0.3) is 0 Å². The summed E-state index contributed by atoms with van der Waals surface area (Å²) in [5.41, 5.74) is 1.19. The molecule has 1 aromatic rings. The number of ether oxygens (including phenoxy) is 1. The second kappa shape index (κ2) is 7.14. The number of para-hydroxylation sites is 1. The van der Waals surface area contributed by atoms with Gasteiger partial charge in [-0.05, 0) is 49.9 Å². The minimum atomic E-state index is 0.251. The van der Waals surface area contributed by atoms with Crippen molar-refractivity contribution in [3.05, 3.63) is 29.8 Å². The van der Waals surface area contributed by atoms with Crippen molar-refractivity contribution in [2.75, 3.05) is 39.8 Å². The summed E-state index contributed by atoms with van der Waals surface area (Å²) in [6, 6.07) is 8.12. The van der Waals surface area contributed by atoms with Crippen LogP contribution in [0.3, 0.4) is 0 Å². The van der Waals surface area contributed by atoms with Gasteiger partial charge in [-0.3, -0.25) is 4.79 Å². The fourth-order valence-corrected chi connectivity index (χ4v) is 3.42. The Morgan fingerprint density at radius 3 is 2.91 bits per heavy atom. The van der Waals surface area contributed by atoms with Gasteiger partial charge in [0, 0.05) is 26.6 Å². The first kappa shape index (κ1) is 15.3. The number of hydrogen-bond donors (Lipinski definition) is 0. The Morgan fingerprint density at radius 1 is 1.32 bits per heavy atom. The molecule has 120 valence electrons. The number of carbonyl (C=O) groups excluding carboxylic acids is 1. The smallest absolute Gasteiger partial charge is 0.222 e. The van der Waals surface area contributed by atoms with Crippen molar-refractivity contribution in [3.8, 4) is 5.75 Å². The Labute approximate surface area is 133 Å². The molecule has 1 unspecified atom stereocenters. The van der Waals surface area contributed by atoms with Crippen LogP contribution >= 0.6 is 0 Å². The van der Waals surface area contributed by atoms with Crippen molar-refractivity contribution in [2.24, 2.45) is 0 Å². The Kier molecular flexibility index (Phi) is 4.98. The number of benzene rings is 1. The summed E-state index contributed by atoms with van der Waals surface area (Å²) < 4.78 is 5.68. The minimum absolute atomic E-state index is 0.251. The van der Waals surface area contributed by atoms with Crippen LogP contribution in [0.2, 0.25) is 0 Å². The van der Waals surface area contributed by atoms with Gasteiger partial charge < -0.3 is 14.5 Å². The third-order valence-electron chi connectivity index (χ3n) is 4.88. The van der Waals surface area contributed by atoms with Crippen LogP contribution in [-0.2, 0) is 4.79 Å². The summed E-state index contributed by atoms with van der Waals surface area (Å²) in [6.07, 6.45) is 4.13. The summed E-state index contributed by atoms with van der Waals surface area (Å²) in [5, 5.41) is 0. The van der Waals surface area contributed by atoms with E-state index in [9.17, 15) is 4.79 Å².